The molecule has 0 heterocycles. The fourth-order valence-corrected chi connectivity index (χ4v) is 1.63. The predicted octanol–water partition coefficient (Wildman–Crippen LogP) is 3.00. The van der Waals surface area contributed by atoms with Crippen LogP contribution in [-0.4, -0.2) is 25.1 Å². The summed E-state index contributed by atoms with van der Waals surface area (Å²) < 4.78 is 10.1. The number of ether oxygens (including phenoxy) is 2. The van der Waals surface area contributed by atoms with E-state index in [4.69, 9.17) is 9.47 Å². The van der Waals surface area contributed by atoms with Gasteiger partial charge in [0.25, 0.3) is 5.91 Å². The van der Waals surface area contributed by atoms with Crippen LogP contribution in [0.1, 0.15) is 33.6 Å². The molecule has 5 nitrogen and oxygen atoms in total. The second kappa shape index (κ2) is 8.29. The van der Waals surface area contributed by atoms with Gasteiger partial charge in [-0.1, -0.05) is 13.8 Å². The number of amides is 1. The van der Waals surface area contributed by atoms with E-state index >= 15 is 0 Å². The molecule has 0 spiro atoms. The van der Waals surface area contributed by atoms with Crippen LogP contribution in [0.15, 0.2) is 24.3 Å². The van der Waals surface area contributed by atoms with Crippen molar-refractivity contribution in [3.05, 3.63) is 24.3 Å². The van der Waals surface area contributed by atoms with Gasteiger partial charge in [-0.3, -0.25) is 9.59 Å². The number of methoxy groups -OCH3 is 1. The molecule has 0 aromatic heterocycles. The minimum absolute atomic E-state index is 0.331. The third kappa shape index (κ3) is 6.29. The molecule has 0 aliphatic heterocycles. The molecular weight excluding hydrogens is 270 g/mol. The van der Waals surface area contributed by atoms with Gasteiger partial charge in [-0.2, -0.15) is 0 Å². The van der Waals surface area contributed by atoms with E-state index in [2.05, 4.69) is 5.32 Å². The molecule has 0 unspecified atom stereocenters. The van der Waals surface area contributed by atoms with Crippen molar-refractivity contribution in [1.82, 2.24) is 0 Å². The van der Waals surface area contributed by atoms with Crippen LogP contribution >= 0.6 is 0 Å². The molecule has 116 valence electrons. The first-order valence-corrected chi connectivity index (χ1v) is 7.06. The standard InChI is InChI=1S/C16H23NO4/c1-11(2)5-10-15(18)21-12(3)16(19)17-13-6-8-14(20-4)9-7-13/h6-9,11-12H,5,10H2,1-4H3,(H,17,19)/t12-/m0/s1. The quantitative estimate of drug-likeness (QED) is 0.785. The van der Waals surface area contributed by atoms with Gasteiger partial charge in [0.05, 0.1) is 7.11 Å². The van der Waals surface area contributed by atoms with Crippen LogP contribution in [0.3, 0.4) is 0 Å². The van der Waals surface area contributed by atoms with Crippen LogP contribution < -0.4 is 10.1 Å². The van der Waals surface area contributed by atoms with Crippen molar-refractivity contribution < 1.29 is 19.1 Å². The highest BCUT2D eigenvalue weighted by molar-refractivity contribution is 5.95. The minimum atomic E-state index is -0.813. The average molecular weight is 293 g/mol. The highest BCUT2D eigenvalue weighted by Gasteiger charge is 2.18. The molecular formula is C16H23NO4. The summed E-state index contributed by atoms with van der Waals surface area (Å²) in [5.74, 6) is 0.446. The molecule has 0 radical (unpaired) electrons. The molecule has 0 fully saturated rings. The van der Waals surface area contributed by atoms with E-state index in [9.17, 15) is 9.59 Å². The molecule has 0 bridgehead atoms. The number of carbonyl (C=O) groups excluding carboxylic acids is 2. The Kier molecular flexibility index (Phi) is 6.72. The number of esters is 1. The number of carbonyl (C=O) groups is 2. The van der Waals surface area contributed by atoms with Crippen LogP contribution in [0.4, 0.5) is 5.69 Å². The Morgan fingerprint density at radius 2 is 1.76 bits per heavy atom. The van der Waals surface area contributed by atoms with Gasteiger partial charge >= 0.3 is 5.97 Å². The van der Waals surface area contributed by atoms with Crippen LogP contribution in [0.2, 0.25) is 0 Å². The lowest BCUT2D eigenvalue weighted by Gasteiger charge is -2.14. The van der Waals surface area contributed by atoms with E-state index in [1.807, 2.05) is 13.8 Å². The van der Waals surface area contributed by atoms with E-state index in [1.54, 1.807) is 38.3 Å². The maximum absolute atomic E-state index is 11.9. The number of nitrogens with one attached hydrogen (secondary N) is 1. The topological polar surface area (TPSA) is 64.6 Å². The molecule has 0 aliphatic rings. The molecule has 5 heteroatoms. The smallest absolute Gasteiger partial charge is 0.306 e. The van der Waals surface area contributed by atoms with E-state index in [0.717, 1.165) is 6.42 Å². The molecule has 1 amide bonds. The monoisotopic (exact) mass is 293 g/mol. The summed E-state index contributed by atoms with van der Waals surface area (Å²) in [5, 5.41) is 2.69. The van der Waals surface area contributed by atoms with Crippen molar-refractivity contribution in [3.8, 4) is 5.75 Å². The van der Waals surface area contributed by atoms with Crippen molar-refractivity contribution in [1.29, 1.82) is 0 Å². The molecule has 0 aliphatic carbocycles. The highest BCUT2D eigenvalue weighted by atomic mass is 16.5. The van der Waals surface area contributed by atoms with E-state index in [0.29, 0.717) is 23.8 Å². The second-order valence-corrected chi connectivity index (χ2v) is 5.28. The number of rotatable bonds is 7. The summed E-state index contributed by atoms with van der Waals surface area (Å²) >= 11 is 0. The molecule has 1 atom stereocenters. The SMILES string of the molecule is COc1ccc(NC(=O)[C@H](C)OC(=O)CCC(C)C)cc1. The first kappa shape index (κ1) is 17.0. The Bertz CT molecular complexity index is 468. The summed E-state index contributed by atoms with van der Waals surface area (Å²) in [6, 6.07) is 6.94. The van der Waals surface area contributed by atoms with Gasteiger partial charge in [0.2, 0.25) is 0 Å². The van der Waals surface area contributed by atoms with Crippen molar-refractivity contribution >= 4 is 17.6 Å². The summed E-state index contributed by atoms with van der Waals surface area (Å²) in [6.07, 6.45) is 0.274. The third-order valence-corrected chi connectivity index (χ3v) is 2.96. The second-order valence-electron chi connectivity index (χ2n) is 5.28. The zero-order valence-electron chi connectivity index (χ0n) is 13.0. The lowest BCUT2D eigenvalue weighted by atomic mass is 10.1. The fraction of sp³-hybridized carbons (Fsp3) is 0.500. The van der Waals surface area contributed by atoms with Crippen molar-refractivity contribution in [2.24, 2.45) is 5.92 Å². The maximum Gasteiger partial charge on any atom is 0.306 e. The number of benzene rings is 1. The predicted molar refractivity (Wildman–Crippen MR) is 81.2 cm³/mol. The first-order chi connectivity index (χ1) is 9.92. The summed E-state index contributed by atoms with van der Waals surface area (Å²) in [7, 11) is 1.58. The van der Waals surface area contributed by atoms with E-state index in [-0.39, 0.29) is 11.9 Å². The van der Waals surface area contributed by atoms with Gasteiger partial charge in [-0.15, -0.1) is 0 Å². The molecule has 1 rings (SSSR count). The normalized spacial score (nSPS) is 11.9. The average Bonchev–Trinajstić information content (AvgIpc) is 2.45. The van der Waals surface area contributed by atoms with Gasteiger partial charge in [-0.25, -0.2) is 0 Å². The lowest BCUT2D eigenvalue weighted by molar-refractivity contribution is -0.153. The number of hydrogen-bond acceptors (Lipinski definition) is 4. The number of anilines is 1. The van der Waals surface area contributed by atoms with Crippen LogP contribution in [-0.2, 0) is 14.3 Å². The maximum atomic E-state index is 11.9. The Hall–Kier alpha value is -2.04. The Balaban J connectivity index is 2.44. The van der Waals surface area contributed by atoms with Gasteiger partial charge in [0.1, 0.15) is 5.75 Å². The van der Waals surface area contributed by atoms with Crippen molar-refractivity contribution in [3.63, 3.8) is 0 Å². The zero-order valence-corrected chi connectivity index (χ0v) is 13.0. The van der Waals surface area contributed by atoms with Gasteiger partial charge in [-0.05, 0) is 43.5 Å². The third-order valence-electron chi connectivity index (χ3n) is 2.96. The molecule has 21 heavy (non-hydrogen) atoms. The van der Waals surface area contributed by atoms with Gasteiger partial charge in [0, 0.05) is 12.1 Å². The Morgan fingerprint density at radius 1 is 1.14 bits per heavy atom. The highest BCUT2D eigenvalue weighted by Crippen LogP contribution is 2.15. The zero-order chi connectivity index (χ0) is 15.8. The number of hydrogen-bond donors (Lipinski definition) is 1. The van der Waals surface area contributed by atoms with Gasteiger partial charge < -0.3 is 14.8 Å². The molecule has 1 N–H and O–H groups in total. The lowest BCUT2D eigenvalue weighted by Crippen LogP contribution is -2.30. The van der Waals surface area contributed by atoms with E-state index in [1.165, 1.54) is 0 Å². The summed E-state index contributed by atoms with van der Waals surface area (Å²) in [6.45, 7) is 5.63. The minimum Gasteiger partial charge on any atom is -0.497 e. The molecule has 1 aromatic carbocycles. The molecule has 1 aromatic rings. The summed E-state index contributed by atoms with van der Waals surface area (Å²) in [5.41, 5.74) is 0.630. The molecule has 0 saturated carbocycles. The van der Waals surface area contributed by atoms with Crippen LogP contribution in [0.25, 0.3) is 0 Å². The molecule has 0 saturated heterocycles. The van der Waals surface area contributed by atoms with E-state index < -0.39 is 6.10 Å². The van der Waals surface area contributed by atoms with Crippen LogP contribution in [0.5, 0.6) is 5.75 Å². The van der Waals surface area contributed by atoms with Gasteiger partial charge in [0.15, 0.2) is 6.10 Å². The summed E-state index contributed by atoms with van der Waals surface area (Å²) in [4.78, 5) is 23.5. The fourth-order valence-electron chi connectivity index (χ4n) is 1.63. The Labute approximate surface area is 125 Å². The van der Waals surface area contributed by atoms with Crippen molar-refractivity contribution in [2.75, 3.05) is 12.4 Å². The Morgan fingerprint density at radius 3 is 2.29 bits per heavy atom. The first-order valence-electron chi connectivity index (χ1n) is 7.06. The van der Waals surface area contributed by atoms with Crippen molar-refractivity contribution in [2.45, 2.75) is 39.7 Å². The van der Waals surface area contributed by atoms with Crippen LogP contribution in [0, 0.1) is 5.92 Å². The largest absolute Gasteiger partial charge is 0.497 e.